The third-order valence-corrected chi connectivity index (χ3v) is 2.47. The zero-order valence-corrected chi connectivity index (χ0v) is 9.34. The molecule has 1 N–H and O–H groups in total. The van der Waals surface area contributed by atoms with Crippen molar-refractivity contribution in [2.45, 2.75) is 18.8 Å². The van der Waals surface area contributed by atoms with E-state index in [1.54, 1.807) is 0 Å². The number of nitrogens with zero attached hydrogens (tertiary/aromatic N) is 1. The first kappa shape index (κ1) is 13.1. The Morgan fingerprint density at radius 2 is 2.12 bits per heavy atom. The van der Waals surface area contributed by atoms with Gasteiger partial charge in [-0.2, -0.15) is 0 Å². The molecule has 0 amide bonds. The van der Waals surface area contributed by atoms with Gasteiger partial charge in [0.1, 0.15) is 5.15 Å². The highest BCUT2D eigenvalue weighted by Gasteiger charge is 2.27. The van der Waals surface area contributed by atoms with E-state index < -0.39 is 24.7 Å². The van der Waals surface area contributed by atoms with E-state index in [2.05, 4.69) is 4.98 Å². The average molecular weight is 270 g/mol. The van der Waals surface area contributed by atoms with Crippen LogP contribution in [0.1, 0.15) is 17.9 Å². The Bertz CT molecular complexity index is 401. The highest BCUT2D eigenvalue weighted by molar-refractivity contribution is 6.32. The number of alkyl halides is 2. The van der Waals surface area contributed by atoms with E-state index in [1.807, 2.05) is 0 Å². The van der Waals surface area contributed by atoms with E-state index in [1.165, 1.54) is 0 Å². The van der Waals surface area contributed by atoms with Crippen LogP contribution in [-0.4, -0.2) is 22.5 Å². The molecule has 0 aliphatic carbocycles. The number of aromatic nitrogens is 1. The Labute approximate surface area is 100 Å². The molecule has 1 heterocycles. The summed E-state index contributed by atoms with van der Waals surface area (Å²) in [5, 5.41) is 8.51. The summed E-state index contributed by atoms with van der Waals surface area (Å²) in [6.45, 7) is 0. The summed E-state index contributed by atoms with van der Waals surface area (Å²) in [6, 6.07) is 1.16. The highest BCUT2D eigenvalue weighted by Crippen LogP contribution is 2.32. The second-order valence-corrected chi connectivity index (χ2v) is 3.86. The van der Waals surface area contributed by atoms with E-state index in [0.29, 0.717) is 0 Å². The fourth-order valence-corrected chi connectivity index (χ4v) is 1.64. The largest absolute Gasteiger partial charge is 0.481 e. The summed E-state index contributed by atoms with van der Waals surface area (Å²) in [4.78, 5) is 14.1. The third kappa shape index (κ3) is 3.28. The van der Waals surface area contributed by atoms with E-state index in [4.69, 9.17) is 28.3 Å². The van der Waals surface area contributed by atoms with Crippen molar-refractivity contribution < 1.29 is 18.7 Å². The fourth-order valence-electron chi connectivity index (χ4n) is 1.23. The molecular weight excluding hydrogens is 263 g/mol. The van der Waals surface area contributed by atoms with Gasteiger partial charge in [-0.25, -0.2) is 13.8 Å². The van der Waals surface area contributed by atoms with Crippen molar-refractivity contribution in [1.82, 2.24) is 4.98 Å². The van der Waals surface area contributed by atoms with Gasteiger partial charge in [0.15, 0.2) is 0 Å². The maximum atomic E-state index is 12.7. The number of carboxylic acid groups (broad SMARTS) is 1. The first-order valence-corrected chi connectivity index (χ1v) is 4.98. The van der Waals surface area contributed by atoms with E-state index in [9.17, 15) is 13.6 Å². The lowest BCUT2D eigenvalue weighted by Gasteiger charge is -2.15. The molecular formula is C9H7Cl2F2NO2. The van der Waals surface area contributed by atoms with Crippen molar-refractivity contribution in [3.05, 3.63) is 28.0 Å². The van der Waals surface area contributed by atoms with Gasteiger partial charge in [0.2, 0.25) is 6.43 Å². The molecule has 1 aromatic heterocycles. The summed E-state index contributed by atoms with van der Waals surface area (Å²) in [6.07, 6.45) is -2.42. The molecule has 1 unspecified atom stereocenters. The molecule has 0 saturated carbocycles. The molecule has 0 saturated heterocycles. The van der Waals surface area contributed by atoms with Crippen molar-refractivity contribution in [3.8, 4) is 0 Å². The number of aliphatic carboxylic acids is 1. The van der Waals surface area contributed by atoms with Gasteiger partial charge in [-0.15, -0.1) is 0 Å². The number of rotatable bonds is 4. The number of carboxylic acids is 1. The minimum absolute atomic E-state index is 0.000864. The number of pyridine rings is 1. The molecule has 1 rings (SSSR count). The van der Waals surface area contributed by atoms with Crippen LogP contribution in [0, 0.1) is 0 Å². The van der Waals surface area contributed by atoms with Gasteiger partial charge in [0.05, 0.1) is 17.4 Å². The number of hydrogen-bond donors (Lipinski definition) is 1. The molecule has 0 bridgehead atoms. The van der Waals surface area contributed by atoms with Crippen molar-refractivity contribution in [3.63, 3.8) is 0 Å². The quantitative estimate of drug-likeness (QED) is 0.854. The van der Waals surface area contributed by atoms with Crippen LogP contribution in [-0.2, 0) is 4.79 Å². The van der Waals surface area contributed by atoms with E-state index >= 15 is 0 Å². The predicted molar refractivity (Wildman–Crippen MR) is 55.3 cm³/mol. The van der Waals surface area contributed by atoms with Gasteiger partial charge in [-0.1, -0.05) is 23.2 Å². The van der Waals surface area contributed by atoms with Gasteiger partial charge >= 0.3 is 5.97 Å². The predicted octanol–water partition coefficient (Wildman–Crippen LogP) is 3.21. The molecule has 0 radical (unpaired) electrons. The zero-order chi connectivity index (χ0) is 12.3. The maximum Gasteiger partial charge on any atom is 0.304 e. The lowest BCUT2D eigenvalue weighted by atomic mass is 9.97. The minimum atomic E-state index is -2.83. The molecule has 0 spiro atoms. The smallest absolute Gasteiger partial charge is 0.304 e. The second kappa shape index (κ2) is 5.41. The minimum Gasteiger partial charge on any atom is -0.481 e. The number of halogens is 4. The molecule has 3 nitrogen and oxygen atoms in total. The third-order valence-electron chi connectivity index (χ3n) is 1.95. The van der Waals surface area contributed by atoms with Gasteiger partial charge in [-0.3, -0.25) is 4.79 Å². The molecule has 0 aliphatic rings. The molecule has 0 aliphatic heterocycles. The summed E-state index contributed by atoms with van der Waals surface area (Å²) >= 11 is 11.2. The van der Waals surface area contributed by atoms with Crippen molar-refractivity contribution in [1.29, 1.82) is 0 Å². The molecule has 0 fully saturated rings. The fraction of sp³-hybridized carbons (Fsp3) is 0.333. The van der Waals surface area contributed by atoms with Crippen molar-refractivity contribution in [2.75, 3.05) is 0 Å². The van der Waals surface area contributed by atoms with Crippen LogP contribution in [0.4, 0.5) is 8.78 Å². The Morgan fingerprint density at radius 3 is 2.62 bits per heavy atom. The number of hydrogen-bond acceptors (Lipinski definition) is 2. The van der Waals surface area contributed by atoms with E-state index in [-0.39, 0.29) is 15.7 Å². The van der Waals surface area contributed by atoms with Crippen LogP contribution in [0.3, 0.4) is 0 Å². The molecule has 7 heteroatoms. The summed E-state index contributed by atoms with van der Waals surface area (Å²) in [5.41, 5.74) is -0.000864. The van der Waals surface area contributed by atoms with Crippen LogP contribution in [0.2, 0.25) is 10.2 Å². The topological polar surface area (TPSA) is 50.2 Å². The van der Waals surface area contributed by atoms with Crippen LogP contribution in [0.25, 0.3) is 0 Å². The SMILES string of the molecule is O=C(O)CC(c1cc(Cl)ncc1Cl)C(F)F. The van der Waals surface area contributed by atoms with Crippen LogP contribution < -0.4 is 0 Å². The van der Waals surface area contributed by atoms with Crippen LogP contribution in [0.15, 0.2) is 12.3 Å². The maximum absolute atomic E-state index is 12.7. The lowest BCUT2D eigenvalue weighted by Crippen LogP contribution is -2.14. The molecule has 88 valence electrons. The van der Waals surface area contributed by atoms with Gasteiger partial charge in [-0.05, 0) is 11.6 Å². The Kier molecular flexibility index (Phi) is 4.44. The average Bonchev–Trinajstić information content (AvgIpc) is 2.18. The zero-order valence-electron chi connectivity index (χ0n) is 7.83. The highest BCUT2D eigenvalue weighted by atomic mass is 35.5. The summed E-state index contributed by atoms with van der Waals surface area (Å²) in [7, 11) is 0. The molecule has 16 heavy (non-hydrogen) atoms. The molecule has 1 atom stereocenters. The van der Waals surface area contributed by atoms with Crippen LogP contribution >= 0.6 is 23.2 Å². The van der Waals surface area contributed by atoms with Gasteiger partial charge in [0, 0.05) is 6.20 Å². The van der Waals surface area contributed by atoms with Crippen molar-refractivity contribution >= 4 is 29.2 Å². The Hall–Kier alpha value is -0.940. The van der Waals surface area contributed by atoms with Crippen molar-refractivity contribution in [2.24, 2.45) is 0 Å². The summed E-state index contributed by atoms with van der Waals surface area (Å²) in [5.74, 6) is -2.81. The normalized spacial score (nSPS) is 12.8. The molecule has 0 aromatic carbocycles. The summed E-state index contributed by atoms with van der Waals surface area (Å²) < 4.78 is 25.3. The Balaban J connectivity index is 3.09. The van der Waals surface area contributed by atoms with Gasteiger partial charge < -0.3 is 5.11 Å². The monoisotopic (exact) mass is 269 g/mol. The van der Waals surface area contributed by atoms with E-state index in [0.717, 1.165) is 12.3 Å². The van der Waals surface area contributed by atoms with Gasteiger partial charge in [0.25, 0.3) is 0 Å². The second-order valence-electron chi connectivity index (χ2n) is 3.07. The lowest BCUT2D eigenvalue weighted by molar-refractivity contribution is -0.138. The number of carbonyl (C=O) groups is 1. The standard InChI is InChI=1S/C9H7Cl2F2NO2/c10-6-3-14-7(11)1-4(6)5(9(12)13)2-8(15)16/h1,3,5,9H,2H2,(H,15,16). The first-order valence-electron chi connectivity index (χ1n) is 4.22. The van der Waals surface area contributed by atoms with Crippen LogP contribution in [0.5, 0.6) is 0 Å². The first-order chi connectivity index (χ1) is 7.41. The Morgan fingerprint density at radius 1 is 1.50 bits per heavy atom. The molecule has 1 aromatic rings.